The molecule has 0 saturated heterocycles. The lowest BCUT2D eigenvalue weighted by Crippen LogP contribution is -2.05. The molecule has 0 spiro atoms. The molecule has 1 aliphatic carbocycles. The van der Waals surface area contributed by atoms with E-state index in [-0.39, 0.29) is 0 Å². The average molecular weight is 217 g/mol. The van der Waals surface area contributed by atoms with Gasteiger partial charge in [-0.15, -0.1) is 12.3 Å². The Balaban J connectivity index is 2.31. The molecule has 0 bridgehead atoms. The van der Waals surface area contributed by atoms with Gasteiger partial charge in [0.2, 0.25) is 0 Å². The van der Waals surface area contributed by atoms with Gasteiger partial charge >= 0.3 is 0 Å². The van der Waals surface area contributed by atoms with Gasteiger partial charge in [0.05, 0.1) is 0 Å². The Hall–Kier alpha value is -1.19. The van der Waals surface area contributed by atoms with E-state index in [1.165, 1.54) is 11.1 Å². The number of rotatable bonds is 2. The zero-order valence-electron chi connectivity index (χ0n) is 8.70. The summed E-state index contributed by atoms with van der Waals surface area (Å²) in [6, 6.07) is 6.05. The maximum absolute atomic E-state index is 6.00. The SMILES string of the molecule is C#CCC(C)C1C=Cc2ccc(Cl)cc21. The van der Waals surface area contributed by atoms with Gasteiger partial charge in [-0.3, -0.25) is 0 Å². The van der Waals surface area contributed by atoms with Gasteiger partial charge in [-0.2, -0.15) is 0 Å². The van der Waals surface area contributed by atoms with E-state index in [1.54, 1.807) is 0 Å². The number of allylic oxidation sites excluding steroid dienone is 1. The summed E-state index contributed by atoms with van der Waals surface area (Å²) in [6.45, 7) is 2.19. The van der Waals surface area contributed by atoms with Gasteiger partial charge in [-0.1, -0.05) is 36.7 Å². The molecule has 2 atom stereocenters. The van der Waals surface area contributed by atoms with Crippen molar-refractivity contribution in [1.82, 2.24) is 0 Å². The van der Waals surface area contributed by atoms with Crippen LogP contribution < -0.4 is 0 Å². The first-order valence-corrected chi connectivity index (χ1v) is 5.51. The summed E-state index contributed by atoms with van der Waals surface area (Å²) >= 11 is 6.00. The molecular formula is C14H13Cl. The van der Waals surface area contributed by atoms with Crippen molar-refractivity contribution in [2.75, 3.05) is 0 Å². The van der Waals surface area contributed by atoms with E-state index < -0.39 is 0 Å². The van der Waals surface area contributed by atoms with Crippen molar-refractivity contribution >= 4 is 17.7 Å². The monoisotopic (exact) mass is 216 g/mol. The maximum Gasteiger partial charge on any atom is 0.0409 e. The molecule has 1 aromatic carbocycles. The Morgan fingerprint density at radius 3 is 3.07 bits per heavy atom. The van der Waals surface area contributed by atoms with Crippen molar-refractivity contribution < 1.29 is 0 Å². The van der Waals surface area contributed by atoms with Gasteiger partial charge in [0.25, 0.3) is 0 Å². The summed E-state index contributed by atoms with van der Waals surface area (Å²) in [4.78, 5) is 0. The summed E-state index contributed by atoms with van der Waals surface area (Å²) in [5, 5.41) is 0.801. The lowest BCUT2D eigenvalue weighted by molar-refractivity contribution is 0.544. The zero-order chi connectivity index (χ0) is 10.8. The Kier molecular flexibility index (Phi) is 2.84. The molecule has 76 valence electrons. The molecule has 0 aliphatic heterocycles. The van der Waals surface area contributed by atoms with Crippen molar-refractivity contribution in [3.63, 3.8) is 0 Å². The molecular weight excluding hydrogens is 204 g/mol. The quantitative estimate of drug-likeness (QED) is 0.653. The van der Waals surface area contributed by atoms with Crippen molar-refractivity contribution in [2.45, 2.75) is 19.3 Å². The molecule has 0 N–H and O–H groups in total. The highest BCUT2D eigenvalue weighted by atomic mass is 35.5. The fraction of sp³-hybridized carbons (Fsp3) is 0.286. The molecule has 1 aliphatic rings. The van der Waals surface area contributed by atoms with Crippen LogP contribution in [0.3, 0.4) is 0 Å². The van der Waals surface area contributed by atoms with E-state index in [0.717, 1.165) is 11.4 Å². The van der Waals surface area contributed by atoms with E-state index in [0.29, 0.717) is 11.8 Å². The van der Waals surface area contributed by atoms with Crippen LogP contribution in [0, 0.1) is 18.3 Å². The molecule has 0 heterocycles. The molecule has 0 aromatic heterocycles. The third kappa shape index (κ3) is 1.94. The lowest BCUT2D eigenvalue weighted by atomic mass is 9.87. The minimum absolute atomic E-state index is 0.426. The van der Waals surface area contributed by atoms with Crippen molar-refractivity contribution in [1.29, 1.82) is 0 Å². The van der Waals surface area contributed by atoms with Gasteiger partial charge in [-0.05, 0) is 29.2 Å². The van der Waals surface area contributed by atoms with Crippen LogP contribution >= 0.6 is 11.6 Å². The first-order valence-electron chi connectivity index (χ1n) is 5.13. The normalized spacial score (nSPS) is 19.7. The van der Waals surface area contributed by atoms with Gasteiger partial charge in [-0.25, -0.2) is 0 Å². The molecule has 1 aromatic rings. The van der Waals surface area contributed by atoms with Crippen LogP contribution in [0.25, 0.3) is 6.08 Å². The molecule has 2 rings (SSSR count). The minimum atomic E-state index is 0.426. The van der Waals surface area contributed by atoms with Gasteiger partial charge in [0.15, 0.2) is 0 Å². The summed E-state index contributed by atoms with van der Waals surface area (Å²) in [6.07, 6.45) is 10.5. The van der Waals surface area contributed by atoms with Crippen molar-refractivity contribution in [2.24, 2.45) is 5.92 Å². The third-order valence-corrected chi connectivity index (χ3v) is 3.18. The number of fused-ring (bicyclic) bond motifs is 1. The predicted molar refractivity (Wildman–Crippen MR) is 65.8 cm³/mol. The number of terminal acetylenes is 1. The standard InChI is InChI=1S/C14H13Cl/c1-3-4-10(2)13-8-6-11-5-7-12(15)9-14(11)13/h1,5-10,13H,4H2,2H3. The first-order chi connectivity index (χ1) is 7.22. The van der Waals surface area contributed by atoms with Crippen molar-refractivity contribution in [3.05, 3.63) is 40.4 Å². The van der Waals surface area contributed by atoms with Gasteiger partial charge < -0.3 is 0 Å². The first kappa shape index (κ1) is 10.3. The van der Waals surface area contributed by atoms with Gasteiger partial charge in [0, 0.05) is 17.4 Å². The highest BCUT2D eigenvalue weighted by Gasteiger charge is 2.22. The molecule has 0 radical (unpaired) electrons. The molecule has 2 unspecified atom stereocenters. The molecule has 0 fully saturated rings. The molecule has 0 amide bonds. The highest BCUT2D eigenvalue weighted by Crippen LogP contribution is 2.37. The van der Waals surface area contributed by atoms with Crippen LogP contribution in [0.5, 0.6) is 0 Å². The largest absolute Gasteiger partial charge is 0.120 e. The Labute approximate surface area is 96.0 Å². The van der Waals surface area contributed by atoms with Crippen LogP contribution in [-0.4, -0.2) is 0 Å². The molecule has 1 heteroatoms. The molecule has 0 saturated carbocycles. The smallest absolute Gasteiger partial charge is 0.0409 e. The van der Waals surface area contributed by atoms with E-state index in [2.05, 4.69) is 37.1 Å². The zero-order valence-corrected chi connectivity index (χ0v) is 9.46. The highest BCUT2D eigenvalue weighted by molar-refractivity contribution is 6.30. The summed E-state index contributed by atoms with van der Waals surface area (Å²) in [7, 11) is 0. The maximum atomic E-state index is 6.00. The molecule has 15 heavy (non-hydrogen) atoms. The number of hydrogen-bond acceptors (Lipinski definition) is 0. The van der Waals surface area contributed by atoms with Crippen LogP contribution in [0.1, 0.15) is 30.4 Å². The summed E-state index contributed by atoms with van der Waals surface area (Å²) < 4.78 is 0. The number of hydrogen-bond donors (Lipinski definition) is 0. The second kappa shape index (κ2) is 4.13. The van der Waals surface area contributed by atoms with Crippen LogP contribution in [-0.2, 0) is 0 Å². The summed E-state index contributed by atoms with van der Waals surface area (Å²) in [5.74, 6) is 3.63. The van der Waals surface area contributed by atoms with Crippen molar-refractivity contribution in [3.8, 4) is 12.3 Å². The molecule has 0 nitrogen and oxygen atoms in total. The Bertz CT molecular complexity index is 437. The van der Waals surface area contributed by atoms with E-state index in [9.17, 15) is 0 Å². The Morgan fingerprint density at radius 1 is 1.53 bits per heavy atom. The van der Waals surface area contributed by atoms with Gasteiger partial charge in [0.1, 0.15) is 0 Å². The predicted octanol–water partition coefficient (Wildman–Crippen LogP) is 4.11. The lowest BCUT2D eigenvalue weighted by Gasteiger charge is -2.17. The number of benzene rings is 1. The van der Waals surface area contributed by atoms with Crippen LogP contribution in [0.2, 0.25) is 5.02 Å². The fourth-order valence-electron chi connectivity index (χ4n) is 2.11. The second-order valence-corrected chi connectivity index (χ2v) is 4.48. The summed E-state index contributed by atoms with van der Waals surface area (Å²) in [5.41, 5.74) is 2.58. The van der Waals surface area contributed by atoms with Crippen LogP contribution in [0.15, 0.2) is 24.3 Å². The number of halogens is 1. The second-order valence-electron chi connectivity index (χ2n) is 4.04. The fourth-order valence-corrected chi connectivity index (χ4v) is 2.29. The Morgan fingerprint density at radius 2 is 2.33 bits per heavy atom. The van der Waals surface area contributed by atoms with E-state index in [1.807, 2.05) is 6.07 Å². The topological polar surface area (TPSA) is 0 Å². The van der Waals surface area contributed by atoms with Crippen LogP contribution in [0.4, 0.5) is 0 Å². The third-order valence-electron chi connectivity index (χ3n) is 2.94. The average Bonchev–Trinajstić information content (AvgIpc) is 2.60. The van der Waals surface area contributed by atoms with E-state index >= 15 is 0 Å². The van der Waals surface area contributed by atoms with E-state index in [4.69, 9.17) is 18.0 Å². The minimum Gasteiger partial charge on any atom is -0.120 e.